The van der Waals surface area contributed by atoms with Crippen LogP contribution in [-0.2, 0) is 14.3 Å². The van der Waals surface area contributed by atoms with E-state index in [-0.39, 0.29) is 19.6 Å². The van der Waals surface area contributed by atoms with Crippen LogP contribution >= 0.6 is 11.8 Å². The number of thioether (sulfide) groups is 1. The molecule has 1 heterocycles. The lowest BCUT2D eigenvalue weighted by molar-refractivity contribution is -0.152. The van der Waals surface area contributed by atoms with Crippen molar-refractivity contribution < 1.29 is 24.5 Å². The Morgan fingerprint density at radius 1 is 1.48 bits per heavy atom. The van der Waals surface area contributed by atoms with Crippen molar-refractivity contribution in [3.05, 3.63) is 40.8 Å². The minimum absolute atomic E-state index is 0.136. The Morgan fingerprint density at radius 2 is 2.20 bits per heavy atom. The molecular formula is C16H21N3O5S. The molecule has 0 saturated carbocycles. The van der Waals surface area contributed by atoms with Gasteiger partial charge in [-0.15, -0.1) is 0 Å². The number of rotatable bonds is 6. The topological polar surface area (TPSA) is 125 Å². The van der Waals surface area contributed by atoms with Gasteiger partial charge in [-0.05, 0) is 24.1 Å². The summed E-state index contributed by atoms with van der Waals surface area (Å²) < 4.78 is 11.2. The Bertz CT molecular complexity index is 611. The van der Waals surface area contributed by atoms with Crippen molar-refractivity contribution >= 4 is 17.7 Å². The summed E-state index contributed by atoms with van der Waals surface area (Å²) in [6.45, 7) is 1.27. The number of carbonyl (C=O) groups is 1. The van der Waals surface area contributed by atoms with Crippen molar-refractivity contribution in [3.8, 4) is 0 Å². The van der Waals surface area contributed by atoms with E-state index in [1.54, 1.807) is 0 Å². The number of hydrogen-bond acceptors (Lipinski definition) is 7. The minimum atomic E-state index is -1.09. The summed E-state index contributed by atoms with van der Waals surface area (Å²) in [4.78, 5) is 15.2. The van der Waals surface area contributed by atoms with Crippen molar-refractivity contribution in [2.75, 3.05) is 13.2 Å². The molecule has 8 nitrogen and oxygen atoms in total. The summed E-state index contributed by atoms with van der Waals surface area (Å²) in [6, 6.07) is 8.38. The normalized spacial score (nSPS) is 29.3. The third kappa shape index (κ3) is 5.35. The fourth-order valence-corrected chi connectivity index (χ4v) is 3.79. The molecule has 0 amide bonds. The molecule has 0 aliphatic carbocycles. The van der Waals surface area contributed by atoms with Crippen LogP contribution in [0.5, 0.6) is 0 Å². The molecule has 0 spiro atoms. The summed E-state index contributed by atoms with van der Waals surface area (Å²) >= 11 is 1.32. The number of ether oxygens (including phenoxy) is 2. The van der Waals surface area contributed by atoms with Crippen LogP contribution in [0.3, 0.4) is 0 Å². The Kier molecular flexibility index (Phi) is 7.54. The van der Waals surface area contributed by atoms with Gasteiger partial charge >= 0.3 is 5.97 Å². The van der Waals surface area contributed by atoms with Crippen LogP contribution in [0.4, 0.5) is 0 Å². The van der Waals surface area contributed by atoms with Gasteiger partial charge in [0.25, 0.3) is 0 Å². The fourth-order valence-electron chi connectivity index (χ4n) is 2.71. The van der Waals surface area contributed by atoms with Gasteiger partial charge < -0.3 is 19.7 Å². The highest BCUT2D eigenvalue weighted by molar-refractivity contribution is 7.99. The van der Waals surface area contributed by atoms with Crippen LogP contribution in [0.2, 0.25) is 0 Å². The van der Waals surface area contributed by atoms with Gasteiger partial charge in [0.2, 0.25) is 0 Å². The monoisotopic (exact) mass is 367 g/mol. The molecule has 1 aliphatic rings. The number of benzene rings is 1. The summed E-state index contributed by atoms with van der Waals surface area (Å²) in [7, 11) is 0. The third-order valence-electron chi connectivity index (χ3n) is 3.89. The highest BCUT2D eigenvalue weighted by atomic mass is 32.2. The van der Waals surface area contributed by atoms with Gasteiger partial charge in [0.05, 0.1) is 12.7 Å². The quantitative estimate of drug-likeness (QED) is 0.343. The molecule has 5 atom stereocenters. The standard InChI is InChI=1S/C16H21N3O5S/c1-10(21)24-15-13(18-19-17)14(22)11(7-8-20)9-23-16(15)25-12-5-3-2-4-6-12/h2-6,11,13-16,20,22H,7-9H2,1H3/t11?,13-,14-,15?,16-/m0/s1. The van der Waals surface area contributed by atoms with E-state index in [9.17, 15) is 15.0 Å². The Hall–Kier alpha value is -1.77. The number of azide groups is 1. The number of esters is 1. The molecule has 1 aromatic carbocycles. The van der Waals surface area contributed by atoms with Crippen molar-refractivity contribution in [2.45, 2.75) is 41.9 Å². The average molecular weight is 367 g/mol. The molecule has 136 valence electrons. The van der Waals surface area contributed by atoms with Crippen LogP contribution < -0.4 is 0 Å². The second-order valence-corrected chi connectivity index (χ2v) is 6.84. The molecule has 25 heavy (non-hydrogen) atoms. The predicted octanol–water partition coefficient (Wildman–Crippen LogP) is 2.11. The third-order valence-corrected chi connectivity index (χ3v) is 5.08. The first kappa shape index (κ1) is 19.6. The largest absolute Gasteiger partial charge is 0.458 e. The molecule has 2 unspecified atom stereocenters. The maximum Gasteiger partial charge on any atom is 0.303 e. The molecule has 0 bridgehead atoms. The lowest BCUT2D eigenvalue weighted by Crippen LogP contribution is -2.45. The van der Waals surface area contributed by atoms with E-state index >= 15 is 0 Å². The first-order valence-electron chi connectivity index (χ1n) is 7.90. The van der Waals surface area contributed by atoms with E-state index in [4.69, 9.17) is 15.0 Å². The van der Waals surface area contributed by atoms with Crippen molar-refractivity contribution in [1.82, 2.24) is 0 Å². The maximum atomic E-state index is 11.5. The zero-order chi connectivity index (χ0) is 18.2. The van der Waals surface area contributed by atoms with Crippen LogP contribution in [0.15, 0.2) is 40.3 Å². The molecule has 2 rings (SSSR count). The summed E-state index contributed by atoms with van der Waals surface area (Å²) in [5.74, 6) is -0.988. The summed E-state index contributed by atoms with van der Waals surface area (Å²) in [6.07, 6.45) is -1.75. The van der Waals surface area contributed by atoms with E-state index in [2.05, 4.69) is 10.0 Å². The summed E-state index contributed by atoms with van der Waals surface area (Å²) in [5, 5.41) is 23.4. The first-order valence-corrected chi connectivity index (χ1v) is 8.78. The zero-order valence-corrected chi connectivity index (χ0v) is 14.6. The van der Waals surface area contributed by atoms with Crippen molar-refractivity contribution in [3.63, 3.8) is 0 Å². The molecule has 1 aliphatic heterocycles. The fraction of sp³-hybridized carbons (Fsp3) is 0.562. The van der Waals surface area contributed by atoms with Crippen LogP contribution in [0.25, 0.3) is 10.4 Å². The second kappa shape index (κ2) is 9.65. The SMILES string of the molecule is CC(=O)OC1[C@@H](N=[N+]=[N-])[C@@H](O)C(CCO)CO[C@H]1Sc1ccccc1. The highest BCUT2D eigenvalue weighted by Gasteiger charge is 2.43. The number of hydrogen-bond donors (Lipinski definition) is 2. The number of nitrogens with zero attached hydrogens (tertiary/aromatic N) is 3. The Labute approximate surface area is 149 Å². The van der Waals surface area contributed by atoms with Gasteiger partial charge in [0, 0.05) is 29.3 Å². The summed E-state index contributed by atoms with van der Waals surface area (Å²) in [5.41, 5.74) is 8.23. The van der Waals surface area contributed by atoms with Gasteiger partial charge in [0.1, 0.15) is 17.6 Å². The van der Waals surface area contributed by atoms with Crippen LogP contribution in [0, 0.1) is 5.92 Å². The first-order chi connectivity index (χ1) is 12.1. The maximum absolute atomic E-state index is 11.5. The molecule has 9 heteroatoms. The molecule has 1 aromatic rings. The van der Waals surface area contributed by atoms with Crippen molar-refractivity contribution in [2.24, 2.45) is 11.0 Å². The van der Waals surface area contributed by atoms with Crippen LogP contribution in [-0.4, -0.2) is 53.1 Å². The molecule has 2 N–H and O–H groups in total. The number of carbonyl (C=O) groups excluding carboxylic acids is 1. The van der Waals surface area contributed by atoms with E-state index in [1.165, 1.54) is 18.7 Å². The predicted molar refractivity (Wildman–Crippen MR) is 91.7 cm³/mol. The van der Waals surface area contributed by atoms with Crippen molar-refractivity contribution in [1.29, 1.82) is 0 Å². The van der Waals surface area contributed by atoms with Gasteiger partial charge in [-0.1, -0.05) is 35.1 Å². The van der Waals surface area contributed by atoms with Gasteiger partial charge in [-0.2, -0.15) is 0 Å². The highest BCUT2D eigenvalue weighted by Crippen LogP contribution is 2.35. The van der Waals surface area contributed by atoms with Gasteiger partial charge in [-0.25, -0.2) is 0 Å². The smallest absolute Gasteiger partial charge is 0.303 e. The lowest BCUT2D eigenvalue weighted by atomic mass is 9.92. The molecule has 1 saturated heterocycles. The van der Waals surface area contributed by atoms with E-state index in [1.807, 2.05) is 30.3 Å². The van der Waals surface area contributed by atoms with Gasteiger partial charge in [-0.3, -0.25) is 4.79 Å². The zero-order valence-electron chi connectivity index (χ0n) is 13.8. The Morgan fingerprint density at radius 3 is 2.80 bits per heavy atom. The molecule has 0 aromatic heterocycles. The van der Waals surface area contributed by atoms with E-state index < -0.39 is 35.6 Å². The van der Waals surface area contributed by atoms with E-state index in [0.29, 0.717) is 0 Å². The number of aliphatic hydroxyl groups is 2. The molecule has 0 radical (unpaired) electrons. The Balaban J connectivity index is 2.33. The average Bonchev–Trinajstić information content (AvgIpc) is 2.70. The molecular weight excluding hydrogens is 346 g/mol. The van der Waals surface area contributed by atoms with Gasteiger partial charge in [0.15, 0.2) is 0 Å². The van der Waals surface area contributed by atoms with Crippen LogP contribution in [0.1, 0.15) is 13.3 Å². The number of aliphatic hydroxyl groups excluding tert-OH is 2. The minimum Gasteiger partial charge on any atom is -0.458 e. The second-order valence-electron chi connectivity index (χ2n) is 5.67. The lowest BCUT2D eigenvalue weighted by Gasteiger charge is -2.29. The van der Waals surface area contributed by atoms with E-state index in [0.717, 1.165) is 4.90 Å². The molecule has 1 fully saturated rings.